The number of para-hydroxylation sites is 4. The molecule has 4 aliphatic heterocycles. The Morgan fingerprint density at radius 1 is 0.336 bits per heavy atom. The van der Waals surface area contributed by atoms with Crippen molar-refractivity contribution in [3.8, 4) is 11.1 Å². The van der Waals surface area contributed by atoms with Gasteiger partial charge in [-0.15, -0.1) is 0 Å². The highest BCUT2D eigenvalue weighted by molar-refractivity contribution is 7.94. The molecule has 4 aliphatic rings. The zero-order valence-electron chi connectivity index (χ0n) is 74.5. The van der Waals surface area contributed by atoms with E-state index in [2.05, 4.69) is 21.3 Å². The molecular formula is C97H126N8O17S6. The molecule has 0 bridgehead atoms. The minimum Gasteiger partial charge on any atom is -0.466 e. The van der Waals surface area contributed by atoms with E-state index in [1.807, 2.05) is 166 Å². The fourth-order valence-corrected chi connectivity index (χ4v) is 23.3. The Labute approximate surface area is 764 Å². The molecule has 4 N–H and O–H groups in total. The van der Waals surface area contributed by atoms with E-state index in [1.54, 1.807) is 98.1 Å². The van der Waals surface area contributed by atoms with Crippen LogP contribution in [0.15, 0.2) is 230 Å². The molecule has 0 radical (unpaired) electrons. The van der Waals surface area contributed by atoms with Gasteiger partial charge in [-0.1, -0.05) is 185 Å². The summed E-state index contributed by atoms with van der Waals surface area (Å²) in [6.07, 6.45) is 16.2. The van der Waals surface area contributed by atoms with Gasteiger partial charge in [0.15, 0.2) is 0 Å². The largest absolute Gasteiger partial charge is 0.466 e. The van der Waals surface area contributed by atoms with Crippen LogP contribution in [0.4, 0.5) is 22.7 Å². The Hall–Kier alpha value is -9.51. The number of carbonyl (C=O) groups excluding carboxylic acids is 3. The Balaban J connectivity index is 0.000000192. The Morgan fingerprint density at radius 3 is 0.938 bits per heavy atom. The van der Waals surface area contributed by atoms with Gasteiger partial charge in [-0.2, -0.15) is 0 Å². The van der Waals surface area contributed by atoms with Gasteiger partial charge in [0.05, 0.1) is 86.3 Å². The second-order valence-corrected chi connectivity index (χ2v) is 41.9. The molecule has 0 saturated carbocycles. The summed E-state index contributed by atoms with van der Waals surface area (Å²) in [5.74, 6) is -0.437. The van der Waals surface area contributed by atoms with Crippen molar-refractivity contribution in [2.45, 2.75) is 191 Å². The average molecular weight is 1870 g/mol. The van der Waals surface area contributed by atoms with Crippen molar-refractivity contribution in [3.63, 3.8) is 0 Å². The molecule has 0 aromatic heterocycles. The van der Waals surface area contributed by atoms with E-state index < -0.39 is 61.7 Å². The molecule has 128 heavy (non-hydrogen) atoms. The molecular weight excluding hydrogens is 1740 g/mol. The number of aryl methyl sites for hydroxylation is 1. The zero-order chi connectivity index (χ0) is 91.6. The number of hydrogen-bond acceptors (Lipinski definition) is 21. The van der Waals surface area contributed by atoms with Gasteiger partial charge in [0.1, 0.15) is 0 Å². The third-order valence-corrected chi connectivity index (χ3v) is 32.0. The quantitative estimate of drug-likeness (QED) is 0.0163. The number of ether oxygens (including phenoxy) is 4. The van der Waals surface area contributed by atoms with Gasteiger partial charge >= 0.3 is 17.9 Å². The molecule has 9 aromatic carbocycles. The van der Waals surface area contributed by atoms with Gasteiger partial charge in [-0.05, 0) is 221 Å². The van der Waals surface area contributed by atoms with Crippen molar-refractivity contribution < 1.29 is 75.4 Å². The molecule has 9 aromatic rings. The normalized spacial score (nSPS) is 17.1. The number of unbranched alkanes of at least 4 members (excludes halogenated alkanes) is 9. The predicted octanol–water partition coefficient (Wildman–Crippen LogP) is 16.7. The van der Waals surface area contributed by atoms with Gasteiger partial charge < -0.3 is 40.2 Å². The second-order valence-electron chi connectivity index (χ2n) is 31.4. The monoisotopic (exact) mass is 1870 g/mol. The third-order valence-electron chi connectivity index (χ3n) is 22.8. The van der Waals surface area contributed by atoms with Crippen LogP contribution in [0.5, 0.6) is 0 Å². The fourth-order valence-electron chi connectivity index (χ4n) is 16.1. The maximum Gasteiger partial charge on any atom is 0.305 e. The van der Waals surface area contributed by atoms with Crippen LogP contribution in [0.1, 0.15) is 205 Å². The highest BCUT2D eigenvalue weighted by Crippen LogP contribution is 2.46. The molecule has 0 saturated heterocycles. The van der Waals surface area contributed by atoms with Gasteiger partial charge in [-0.25, -0.2) is 33.7 Å². The molecule has 692 valence electrons. The lowest BCUT2D eigenvalue weighted by atomic mass is 9.94. The number of carbonyl (C=O) groups is 3. The summed E-state index contributed by atoms with van der Waals surface area (Å²) in [4.78, 5) is 36.3. The minimum atomic E-state index is -3.80. The van der Waals surface area contributed by atoms with Crippen LogP contribution in [0, 0.1) is 6.92 Å². The van der Waals surface area contributed by atoms with Crippen LogP contribution < -0.4 is 38.5 Å². The maximum absolute atomic E-state index is 13.6. The number of nitrogens with one attached hydrogen (secondary N) is 4. The molecule has 0 aliphatic carbocycles. The molecule has 0 amide bonds. The summed E-state index contributed by atoms with van der Waals surface area (Å²) >= 11 is 0. The predicted molar refractivity (Wildman–Crippen MR) is 510 cm³/mol. The van der Waals surface area contributed by atoms with Gasteiger partial charge in [-0.3, -0.25) is 40.0 Å². The maximum atomic E-state index is 13.6. The van der Waals surface area contributed by atoms with E-state index in [0.717, 1.165) is 147 Å². The standard InChI is InChI=1S/2C24H32N2O5S2.C24H32N2O4S.C24H26N2O3S.CH4/c2*1-4-31-23(27)13-7-5-6-10-16-25-24-19-11-8-9-12-21(19)26(2)33(29,30)22-17-18(32(3)28)14-15-20(22)24;1-4-30-23(27)13-7-5-6-10-16-25-24-19-11-8-9-12-21(19)26(3)31(28,29)22-17-18(2)14-15-20(22)24;1-26-22-12-7-6-11-20(22)24(25-15-8-16-29-2)21-14-13-19(17-23(21)30(26,27)28)18-9-4-3-5-10-18;/h2*8-9,11-12,14-15,17,24-25H,4-7,10,13,16H2,1-3H3;8-9,11-12,14-15,17,24-25H,4-7,10,13,16H2,1-3H3;3-7,9-14,17,24-25H,8,15-16H2,1-2H3;1H4. The first-order valence-electron chi connectivity index (χ1n) is 43.4. The Morgan fingerprint density at radius 2 is 0.617 bits per heavy atom. The zero-order valence-corrected chi connectivity index (χ0v) is 79.4. The first kappa shape index (κ1) is 102. The van der Waals surface area contributed by atoms with Crippen molar-refractivity contribution in [2.24, 2.45) is 0 Å². The molecule has 6 atom stereocenters. The molecule has 6 unspecified atom stereocenters. The van der Waals surface area contributed by atoms with Crippen LogP contribution >= 0.6 is 0 Å². The Bertz CT molecular complexity index is 5610. The summed E-state index contributed by atoms with van der Waals surface area (Å²) in [6.45, 7) is 12.1. The lowest BCUT2D eigenvalue weighted by molar-refractivity contribution is -0.144. The van der Waals surface area contributed by atoms with E-state index in [-0.39, 0.29) is 59.3 Å². The fraction of sp³-hybridized carbons (Fsp3) is 0.412. The van der Waals surface area contributed by atoms with E-state index in [1.165, 1.54) is 29.4 Å². The number of fused-ring (bicyclic) bond motifs is 8. The van der Waals surface area contributed by atoms with Crippen LogP contribution in [-0.2, 0) is 95.0 Å². The van der Waals surface area contributed by atoms with E-state index in [0.29, 0.717) is 112 Å². The van der Waals surface area contributed by atoms with Gasteiger partial charge in [0.25, 0.3) is 40.1 Å². The SMILES string of the molecule is C.CCOC(=O)CCCCCCNC1c2ccccc2N(C)S(=O)(=O)c2cc(C)ccc21.CCOC(=O)CCCCCCNC1c2ccccc2N(C)S(=O)(=O)c2cc(S(C)=O)ccc21.CCOC(=O)CCCCCCNC1c2ccccc2N(C)S(=O)(=O)c2cc(S(C)=O)ccc21.COCCCNC1c2ccccc2N(C)S(=O)(=O)c2cc(-c3ccccc3)ccc21. The van der Waals surface area contributed by atoms with E-state index in [9.17, 15) is 56.5 Å². The molecule has 0 fully saturated rings. The molecule has 25 nitrogen and oxygen atoms in total. The molecule has 13 rings (SSSR count). The molecule has 31 heteroatoms. The number of anilines is 4. The van der Waals surface area contributed by atoms with Crippen molar-refractivity contribution in [3.05, 3.63) is 250 Å². The van der Waals surface area contributed by atoms with Gasteiger partial charge in [0, 0.05) is 105 Å². The number of nitrogens with zero attached hydrogens (tertiary/aromatic N) is 4. The summed E-state index contributed by atoms with van der Waals surface area (Å²) in [5, 5.41) is 14.2. The third kappa shape index (κ3) is 25.4. The van der Waals surface area contributed by atoms with Crippen LogP contribution in [0.3, 0.4) is 0 Å². The smallest absolute Gasteiger partial charge is 0.305 e. The number of hydrogen-bond donors (Lipinski definition) is 4. The van der Waals surface area contributed by atoms with Crippen LogP contribution in [0.2, 0.25) is 0 Å². The second kappa shape index (κ2) is 48.4. The highest BCUT2D eigenvalue weighted by Gasteiger charge is 2.40. The molecule has 4 heterocycles. The Kier molecular flexibility index (Phi) is 38.7. The average Bonchev–Trinajstić information content (AvgIpc) is 1.61. The van der Waals surface area contributed by atoms with Crippen molar-refractivity contribution in [1.29, 1.82) is 0 Å². The lowest BCUT2D eigenvalue weighted by Crippen LogP contribution is -2.26. The number of esters is 3. The van der Waals surface area contributed by atoms with Crippen molar-refractivity contribution >= 4 is 102 Å². The summed E-state index contributed by atoms with van der Waals surface area (Å²) in [6, 6.07) is 60.6. The summed E-state index contributed by atoms with van der Waals surface area (Å²) in [5.41, 5.74) is 12.0. The highest BCUT2D eigenvalue weighted by atomic mass is 32.2. The van der Waals surface area contributed by atoms with E-state index in [4.69, 9.17) is 18.9 Å². The summed E-state index contributed by atoms with van der Waals surface area (Å²) < 4.78 is 157. The molecule has 0 spiro atoms. The summed E-state index contributed by atoms with van der Waals surface area (Å²) in [7, 11) is -9.48. The first-order valence-corrected chi connectivity index (χ1v) is 52.3. The van der Waals surface area contributed by atoms with Crippen molar-refractivity contribution in [1.82, 2.24) is 21.3 Å². The topological polar surface area (TPSA) is 320 Å². The number of benzene rings is 9. The lowest BCUT2D eigenvalue weighted by Gasteiger charge is -2.22. The number of rotatable bonds is 35. The first-order chi connectivity index (χ1) is 60.9. The number of sulfonamides is 4. The van der Waals surface area contributed by atoms with E-state index >= 15 is 0 Å². The van der Waals surface area contributed by atoms with Crippen molar-refractivity contribution in [2.75, 3.05) is 118 Å². The van der Waals surface area contributed by atoms with Gasteiger partial charge in [0.2, 0.25) is 0 Å². The van der Waals surface area contributed by atoms with Crippen LogP contribution in [-0.4, -0.2) is 160 Å². The number of methoxy groups -OCH3 is 1. The minimum absolute atomic E-state index is 0. The van der Waals surface area contributed by atoms with Crippen LogP contribution in [0.25, 0.3) is 11.1 Å².